The van der Waals surface area contributed by atoms with E-state index in [4.69, 9.17) is 4.42 Å². The van der Waals surface area contributed by atoms with E-state index in [-0.39, 0.29) is 11.2 Å². The zero-order chi connectivity index (χ0) is 18.3. The number of aryl methyl sites for hydroxylation is 2. The standard InChI is InChI=1S/C21H16N2O3/c1-12-8-9-15-17(24)11-18(26-20(15)13(12)2)21(25)23-16-7-3-5-14-6-4-10-22-19(14)16/h3-11H,1-2H3,(H,23,25). The first-order chi connectivity index (χ1) is 12.5. The third-order valence-corrected chi connectivity index (χ3v) is 4.52. The lowest BCUT2D eigenvalue weighted by Crippen LogP contribution is -2.15. The molecular formula is C21H16N2O3. The Morgan fingerprint density at radius 3 is 2.73 bits per heavy atom. The van der Waals surface area contributed by atoms with E-state index in [2.05, 4.69) is 10.3 Å². The monoisotopic (exact) mass is 344 g/mol. The number of nitrogens with one attached hydrogen (secondary N) is 1. The van der Waals surface area contributed by atoms with Gasteiger partial charge in [0, 0.05) is 17.6 Å². The first-order valence-electron chi connectivity index (χ1n) is 8.24. The number of carbonyl (C=O) groups is 1. The molecule has 0 aliphatic rings. The van der Waals surface area contributed by atoms with Crippen LogP contribution in [-0.2, 0) is 0 Å². The van der Waals surface area contributed by atoms with Crippen molar-refractivity contribution in [2.75, 3.05) is 5.32 Å². The van der Waals surface area contributed by atoms with Gasteiger partial charge in [0.15, 0.2) is 11.2 Å². The molecule has 2 aromatic heterocycles. The van der Waals surface area contributed by atoms with Gasteiger partial charge in [-0.15, -0.1) is 0 Å². The number of anilines is 1. The Labute approximate surface area is 149 Å². The number of hydrogen-bond acceptors (Lipinski definition) is 4. The molecule has 0 aliphatic carbocycles. The number of para-hydroxylation sites is 1. The number of amides is 1. The molecule has 4 aromatic rings. The molecule has 0 saturated carbocycles. The minimum Gasteiger partial charge on any atom is -0.450 e. The van der Waals surface area contributed by atoms with Crippen LogP contribution in [0.5, 0.6) is 0 Å². The van der Waals surface area contributed by atoms with E-state index in [9.17, 15) is 9.59 Å². The van der Waals surface area contributed by atoms with E-state index < -0.39 is 5.91 Å². The molecule has 0 atom stereocenters. The normalized spacial score (nSPS) is 11.0. The molecule has 1 N–H and O–H groups in total. The van der Waals surface area contributed by atoms with Gasteiger partial charge in [0.05, 0.1) is 16.6 Å². The van der Waals surface area contributed by atoms with E-state index >= 15 is 0 Å². The SMILES string of the molecule is Cc1ccc2c(=O)cc(C(=O)Nc3cccc4cccnc34)oc2c1C. The van der Waals surface area contributed by atoms with Crippen LogP contribution in [0.2, 0.25) is 0 Å². The highest BCUT2D eigenvalue weighted by Crippen LogP contribution is 2.23. The maximum absolute atomic E-state index is 12.7. The highest BCUT2D eigenvalue weighted by Gasteiger charge is 2.15. The first-order valence-corrected chi connectivity index (χ1v) is 8.24. The minimum atomic E-state index is -0.483. The van der Waals surface area contributed by atoms with Crippen molar-refractivity contribution >= 4 is 33.5 Å². The molecule has 5 nitrogen and oxygen atoms in total. The Balaban J connectivity index is 1.79. The number of fused-ring (bicyclic) bond motifs is 2. The summed E-state index contributed by atoms with van der Waals surface area (Å²) in [5, 5.41) is 4.18. The van der Waals surface area contributed by atoms with Gasteiger partial charge in [0.2, 0.25) is 0 Å². The van der Waals surface area contributed by atoms with Gasteiger partial charge in [0.25, 0.3) is 5.91 Å². The van der Waals surface area contributed by atoms with Crippen molar-refractivity contribution in [1.29, 1.82) is 0 Å². The Kier molecular flexibility index (Phi) is 3.77. The van der Waals surface area contributed by atoms with Crippen molar-refractivity contribution < 1.29 is 9.21 Å². The summed E-state index contributed by atoms with van der Waals surface area (Å²) in [7, 11) is 0. The van der Waals surface area contributed by atoms with Crippen molar-refractivity contribution in [2.24, 2.45) is 0 Å². The predicted octanol–water partition coefficient (Wildman–Crippen LogP) is 4.21. The first kappa shape index (κ1) is 16.0. The summed E-state index contributed by atoms with van der Waals surface area (Å²) in [6.45, 7) is 3.81. The number of aromatic nitrogens is 1. The lowest BCUT2D eigenvalue weighted by atomic mass is 10.1. The third kappa shape index (κ3) is 2.63. The molecule has 0 spiro atoms. The molecule has 4 rings (SSSR count). The largest absolute Gasteiger partial charge is 0.450 e. The molecule has 128 valence electrons. The zero-order valence-electron chi connectivity index (χ0n) is 14.4. The average Bonchev–Trinajstić information content (AvgIpc) is 2.65. The fourth-order valence-corrected chi connectivity index (χ4v) is 2.95. The van der Waals surface area contributed by atoms with Crippen LogP contribution >= 0.6 is 0 Å². The molecule has 0 unspecified atom stereocenters. The molecule has 2 heterocycles. The molecule has 2 aromatic carbocycles. The van der Waals surface area contributed by atoms with Gasteiger partial charge in [-0.1, -0.05) is 24.3 Å². The number of benzene rings is 2. The van der Waals surface area contributed by atoms with Gasteiger partial charge in [-0.05, 0) is 43.2 Å². The van der Waals surface area contributed by atoms with Crippen LogP contribution < -0.4 is 10.7 Å². The Bertz CT molecular complexity index is 1220. The van der Waals surface area contributed by atoms with Crippen LogP contribution in [0.25, 0.3) is 21.9 Å². The summed E-state index contributed by atoms with van der Waals surface area (Å²) < 4.78 is 5.77. The molecule has 0 aliphatic heterocycles. The van der Waals surface area contributed by atoms with Gasteiger partial charge in [-0.25, -0.2) is 0 Å². The third-order valence-electron chi connectivity index (χ3n) is 4.52. The van der Waals surface area contributed by atoms with Gasteiger partial charge < -0.3 is 9.73 Å². The highest BCUT2D eigenvalue weighted by atomic mass is 16.3. The summed E-state index contributed by atoms with van der Waals surface area (Å²) in [6, 6.07) is 14.1. The number of carbonyl (C=O) groups excluding carboxylic acids is 1. The smallest absolute Gasteiger partial charge is 0.291 e. The highest BCUT2D eigenvalue weighted by molar-refractivity contribution is 6.07. The van der Waals surface area contributed by atoms with Crippen LogP contribution in [-0.4, -0.2) is 10.9 Å². The Morgan fingerprint density at radius 1 is 1.08 bits per heavy atom. The lowest BCUT2D eigenvalue weighted by Gasteiger charge is -2.09. The van der Waals surface area contributed by atoms with Crippen molar-refractivity contribution in [1.82, 2.24) is 4.98 Å². The predicted molar refractivity (Wildman–Crippen MR) is 102 cm³/mol. The molecule has 0 saturated heterocycles. The van der Waals surface area contributed by atoms with Crippen LogP contribution in [0.15, 0.2) is 63.9 Å². The summed E-state index contributed by atoms with van der Waals surface area (Å²) in [5.74, 6) is -0.507. The number of hydrogen-bond donors (Lipinski definition) is 1. The summed E-state index contributed by atoms with van der Waals surface area (Å²) >= 11 is 0. The molecule has 1 amide bonds. The van der Waals surface area contributed by atoms with Crippen molar-refractivity contribution in [2.45, 2.75) is 13.8 Å². The van der Waals surface area contributed by atoms with E-state index in [0.29, 0.717) is 22.2 Å². The van der Waals surface area contributed by atoms with E-state index in [1.54, 1.807) is 18.3 Å². The van der Waals surface area contributed by atoms with Crippen LogP contribution in [0.4, 0.5) is 5.69 Å². The molecule has 0 bridgehead atoms. The van der Waals surface area contributed by atoms with E-state index in [1.165, 1.54) is 6.07 Å². The summed E-state index contributed by atoms with van der Waals surface area (Å²) in [4.78, 5) is 29.4. The van der Waals surface area contributed by atoms with Crippen molar-refractivity contribution in [3.63, 3.8) is 0 Å². The molecule has 5 heteroatoms. The van der Waals surface area contributed by atoms with Gasteiger partial charge in [0.1, 0.15) is 5.58 Å². The second-order valence-corrected chi connectivity index (χ2v) is 6.19. The zero-order valence-corrected chi connectivity index (χ0v) is 14.4. The fraction of sp³-hybridized carbons (Fsp3) is 0.0952. The van der Waals surface area contributed by atoms with Crippen molar-refractivity contribution in [3.05, 3.63) is 81.8 Å². The molecule has 0 radical (unpaired) electrons. The van der Waals surface area contributed by atoms with Crippen molar-refractivity contribution in [3.8, 4) is 0 Å². The van der Waals surface area contributed by atoms with Crippen LogP contribution in [0.1, 0.15) is 21.7 Å². The maximum Gasteiger partial charge on any atom is 0.291 e. The number of pyridine rings is 1. The van der Waals surface area contributed by atoms with Gasteiger partial charge in [-0.2, -0.15) is 0 Å². The Morgan fingerprint density at radius 2 is 1.88 bits per heavy atom. The topological polar surface area (TPSA) is 72.2 Å². The van der Waals surface area contributed by atoms with E-state index in [0.717, 1.165) is 16.5 Å². The summed E-state index contributed by atoms with van der Waals surface area (Å²) in [6.07, 6.45) is 1.67. The van der Waals surface area contributed by atoms with Gasteiger partial charge in [-0.3, -0.25) is 14.6 Å². The number of nitrogens with zero attached hydrogens (tertiary/aromatic N) is 1. The molecular weight excluding hydrogens is 328 g/mol. The second-order valence-electron chi connectivity index (χ2n) is 6.19. The van der Waals surface area contributed by atoms with Crippen LogP contribution in [0, 0.1) is 13.8 Å². The fourth-order valence-electron chi connectivity index (χ4n) is 2.95. The minimum absolute atomic E-state index is 0.0239. The Hall–Kier alpha value is -3.47. The van der Waals surface area contributed by atoms with Gasteiger partial charge >= 0.3 is 0 Å². The average molecular weight is 344 g/mol. The quantitative estimate of drug-likeness (QED) is 0.591. The molecule has 26 heavy (non-hydrogen) atoms. The lowest BCUT2D eigenvalue weighted by molar-refractivity contribution is 0.0997. The maximum atomic E-state index is 12.7. The number of rotatable bonds is 2. The van der Waals surface area contributed by atoms with Crippen LogP contribution in [0.3, 0.4) is 0 Å². The summed E-state index contributed by atoms with van der Waals surface area (Å²) in [5.41, 5.74) is 3.29. The second kappa shape index (κ2) is 6.11. The molecule has 0 fully saturated rings. The van der Waals surface area contributed by atoms with E-state index in [1.807, 2.05) is 44.2 Å².